The molecule has 54 heavy (non-hydrogen) atoms. The summed E-state index contributed by atoms with van der Waals surface area (Å²) in [6.07, 6.45) is -6.86. The standard InChI is InChI=1S/C38H37F5N6O5/c1-21(25-15-24(16-27(30(25)40)38(41,42)43)47-34(51)53-18-23-11-7-6-8-12-23)44-32-26-17-49(29-14-10-9-13-28(29)39)33(50)37(31(26)45-22(2)46-32)19-48(20-37)35(52)54-36(3,4)5/h6-16,21H,17-20H2,1-5H3,(H,47,51)(H,44,45,46)/t21-/m1/s1. The molecule has 3 heterocycles. The Labute approximate surface area is 307 Å². The van der Waals surface area contributed by atoms with Crippen molar-refractivity contribution in [3.8, 4) is 0 Å². The Morgan fingerprint density at radius 1 is 0.981 bits per heavy atom. The lowest BCUT2D eigenvalue weighted by atomic mass is 9.71. The number of halogens is 5. The predicted octanol–water partition coefficient (Wildman–Crippen LogP) is 8.04. The molecule has 0 aliphatic carbocycles. The molecule has 1 atom stereocenters. The fourth-order valence-electron chi connectivity index (χ4n) is 6.46. The summed E-state index contributed by atoms with van der Waals surface area (Å²) in [6.45, 7) is 7.27. The third-order valence-corrected chi connectivity index (χ3v) is 8.94. The average molecular weight is 753 g/mol. The van der Waals surface area contributed by atoms with E-state index in [1.54, 1.807) is 57.2 Å². The second-order valence-electron chi connectivity index (χ2n) is 14.2. The smallest absolute Gasteiger partial charge is 0.419 e. The van der Waals surface area contributed by atoms with Gasteiger partial charge in [0.2, 0.25) is 5.91 Å². The van der Waals surface area contributed by atoms with Crippen LogP contribution in [0.15, 0.2) is 66.7 Å². The average Bonchev–Trinajstić information content (AvgIpc) is 3.06. The van der Waals surface area contributed by atoms with Gasteiger partial charge in [0, 0.05) is 29.9 Å². The van der Waals surface area contributed by atoms with E-state index < -0.39 is 64.1 Å². The topological polar surface area (TPSA) is 126 Å². The number of hydrogen-bond acceptors (Lipinski definition) is 8. The first-order chi connectivity index (χ1) is 25.4. The van der Waals surface area contributed by atoms with Crippen LogP contribution < -0.4 is 15.5 Å². The minimum atomic E-state index is -5.13. The highest BCUT2D eigenvalue weighted by Crippen LogP contribution is 2.46. The number of anilines is 3. The van der Waals surface area contributed by atoms with Crippen molar-refractivity contribution >= 4 is 35.3 Å². The van der Waals surface area contributed by atoms with Crippen molar-refractivity contribution in [3.05, 3.63) is 112 Å². The molecule has 2 aliphatic rings. The first-order valence-electron chi connectivity index (χ1n) is 16.9. The third kappa shape index (κ3) is 7.63. The number of aryl methyl sites for hydroxylation is 1. The lowest BCUT2D eigenvalue weighted by molar-refractivity contribution is -0.140. The lowest BCUT2D eigenvalue weighted by Crippen LogP contribution is -2.70. The number of fused-ring (bicyclic) bond motifs is 2. The number of aromatic nitrogens is 2. The zero-order valence-electron chi connectivity index (χ0n) is 30.0. The van der Waals surface area contributed by atoms with Gasteiger partial charge in [0.05, 0.1) is 29.5 Å². The summed E-state index contributed by atoms with van der Waals surface area (Å²) in [7, 11) is 0. The maximum Gasteiger partial charge on any atom is 0.419 e. The minimum Gasteiger partial charge on any atom is -0.444 e. The van der Waals surface area contributed by atoms with Crippen molar-refractivity contribution in [1.29, 1.82) is 0 Å². The van der Waals surface area contributed by atoms with E-state index in [-0.39, 0.29) is 60.5 Å². The van der Waals surface area contributed by atoms with Gasteiger partial charge in [0.25, 0.3) is 0 Å². The fourth-order valence-corrected chi connectivity index (χ4v) is 6.46. The van der Waals surface area contributed by atoms with Crippen molar-refractivity contribution in [1.82, 2.24) is 14.9 Å². The van der Waals surface area contributed by atoms with Crippen LogP contribution in [-0.2, 0) is 39.0 Å². The molecule has 16 heteroatoms. The second-order valence-corrected chi connectivity index (χ2v) is 14.2. The summed E-state index contributed by atoms with van der Waals surface area (Å²) in [4.78, 5) is 51.5. The van der Waals surface area contributed by atoms with Crippen LogP contribution in [0.25, 0.3) is 0 Å². The highest BCUT2D eigenvalue weighted by molar-refractivity contribution is 6.05. The molecule has 6 rings (SSSR count). The molecule has 3 aromatic carbocycles. The first-order valence-corrected chi connectivity index (χ1v) is 16.9. The summed E-state index contributed by atoms with van der Waals surface area (Å²) < 4.78 is 84.0. The monoisotopic (exact) mass is 752 g/mol. The molecule has 11 nitrogen and oxygen atoms in total. The molecular weight excluding hydrogens is 715 g/mol. The van der Waals surface area contributed by atoms with Gasteiger partial charge in [-0.1, -0.05) is 42.5 Å². The molecule has 2 N–H and O–H groups in total. The zero-order valence-corrected chi connectivity index (χ0v) is 30.0. The number of carbonyl (C=O) groups excluding carboxylic acids is 3. The van der Waals surface area contributed by atoms with Crippen LogP contribution in [0.5, 0.6) is 0 Å². The number of para-hydroxylation sites is 1. The summed E-state index contributed by atoms with van der Waals surface area (Å²) in [6, 6.07) is 14.5. The molecule has 0 unspecified atom stereocenters. The quantitative estimate of drug-likeness (QED) is 0.182. The van der Waals surface area contributed by atoms with Gasteiger partial charge < -0.3 is 24.6 Å². The maximum absolute atomic E-state index is 15.7. The predicted molar refractivity (Wildman–Crippen MR) is 188 cm³/mol. The van der Waals surface area contributed by atoms with Gasteiger partial charge in [-0.25, -0.2) is 28.3 Å². The van der Waals surface area contributed by atoms with E-state index in [2.05, 4.69) is 20.6 Å². The van der Waals surface area contributed by atoms with Crippen LogP contribution in [0.2, 0.25) is 0 Å². The number of hydrogen-bond donors (Lipinski definition) is 2. The Morgan fingerprint density at radius 2 is 1.65 bits per heavy atom. The van der Waals surface area contributed by atoms with E-state index >= 15 is 8.78 Å². The van der Waals surface area contributed by atoms with Crippen molar-refractivity contribution in [2.45, 2.75) is 71.0 Å². The summed E-state index contributed by atoms with van der Waals surface area (Å²) >= 11 is 0. The van der Waals surface area contributed by atoms with Gasteiger partial charge in [0.15, 0.2) is 0 Å². The van der Waals surface area contributed by atoms with Crippen molar-refractivity contribution in [2.75, 3.05) is 28.6 Å². The van der Waals surface area contributed by atoms with Crippen LogP contribution in [0.4, 0.5) is 48.7 Å². The number of ether oxygens (including phenoxy) is 2. The molecule has 4 aromatic rings. The molecule has 1 saturated heterocycles. The molecule has 1 spiro atoms. The fraction of sp³-hybridized carbons (Fsp3) is 0.342. The number of benzene rings is 3. The molecule has 0 saturated carbocycles. The number of alkyl halides is 3. The highest BCUT2D eigenvalue weighted by atomic mass is 19.4. The van der Waals surface area contributed by atoms with E-state index in [0.29, 0.717) is 11.6 Å². The minimum absolute atomic E-state index is 0.0440. The molecule has 0 radical (unpaired) electrons. The van der Waals surface area contributed by atoms with E-state index in [0.717, 1.165) is 6.07 Å². The molecular formula is C38H37F5N6O5. The van der Waals surface area contributed by atoms with E-state index in [9.17, 15) is 27.6 Å². The molecule has 284 valence electrons. The number of rotatable bonds is 7. The normalized spacial score (nSPS) is 15.6. The van der Waals surface area contributed by atoms with Crippen molar-refractivity contribution in [2.24, 2.45) is 0 Å². The third-order valence-electron chi connectivity index (χ3n) is 8.94. The maximum atomic E-state index is 15.7. The summed E-state index contributed by atoms with van der Waals surface area (Å²) in [5, 5.41) is 5.24. The van der Waals surface area contributed by atoms with Crippen LogP contribution in [0, 0.1) is 18.6 Å². The van der Waals surface area contributed by atoms with Crippen LogP contribution >= 0.6 is 0 Å². The van der Waals surface area contributed by atoms with Gasteiger partial charge in [-0.3, -0.25) is 10.1 Å². The molecule has 1 aromatic heterocycles. The van der Waals surface area contributed by atoms with Gasteiger partial charge >= 0.3 is 18.4 Å². The summed E-state index contributed by atoms with van der Waals surface area (Å²) in [5.74, 6) is -2.61. The van der Waals surface area contributed by atoms with Crippen LogP contribution in [0.1, 0.15) is 67.5 Å². The highest BCUT2D eigenvalue weighted by Gasteiger charge is 2.59. The molecule has 1 fully saturated rings. The van der Waals surface area contributed by atoms with E-state index in [4.69, 9.17) is 9.47 Å². The number of likely N-dealkylation sites (tertiary alicyclic amines) is 1. The Hall–Kier alpha value is -5.80. The Kier molecular flexibility index (Phi) is 9.98. The number of carbonyl (C=O) groups is 3. The molecule has 2 aliphatic heterocycles. The largest absolute Gasteiger partial charge is 0.444 e. The first kappa shape index (κ1) is 37.9. The lowest BCUT2D eigenvalue weighted by Gasteiger charge is -2.52. The SMILES string of the molecule is Cc1nc(N[C@H](C)c2cc(NC(=O)OCc3ccccc3)cc(C(F)(F)F)c2F)c2c(n1)C1(CN(C(=O)OC(C)(C)C)C1)C(=O)N(c1ccccc1F)C2. The molecule has 0 bridgehead atoms. The van der Waals surface area contributed by atoms with Gasteiger partial charge in [0.1, 0.15) is 40.9 Å². The van der Waals surface area contributed by atoms with Crippen molar-refractivity contribution < 1.29 is 45.8 Å². The number of nitrogens with zero attached hydrogens (tertiary/aromatic N) is 4. The van der Waals surface area contributed by atoms with Gasteiger partial charge in [-0.05, 0) is 64.4 Å². The zero-order chi connectivity index (χ0) is 39.2. The second kappa shape index (κ2) is 14.2. The van der Waals surface area contributed by atoms with Gasteiger partial charge in [-0.15, -0.1) is 0 Å². The van der Waals surface area contributed by atoms with Crippen molar-refractivity contribution in [3.63, 3.8) is 0 Å². The van der Waals surface area contributed by atoms with Crippen LogP contribution in [-0.4, -0.2) is 51.7 Å². The van der Waals surface area contributed by atoms with E-state index in [1.807, 2.05) is 0 Å². The Morgan fingerprint density at radius 3 is 2.30 bits per heavy atom. The van der Waals surface area contributed by atoms with Gasteiger partial charge in [-0.2, -0.15) is 13.2 Å². The Bertz CT molecular complexity index is 2100. The Balaban J connectivity index is 1.36. The molecule has 3 amide bonds. The summed E-state index contributed by atoms with van der Waals surface area (Å²) in [5.41, 5.74) is -3.65. The number of amides is 3. The number of nitrogens with one attached hydrogen (secondary N) is 2. The van der Waals surface area contributed by atoms with Crippen LogP contribution in [0.3, 0.4) is 0 Å². The van der Waals surface area contributed by atoms with E-state index in [1.165, 1.54) is 41.8 Å².